The Labute approximate surface area is 120 Å². The van der Waals surface area contributed by atoms with Gasteiger partial charge in [-0.05, 0) is 35.9 Å². The van der Waals surface area contributed by atoms with Crippen LogP contribution >= 0.6 is 23.2 Å². The predicted molar refractivity (Wildman–Crippen MR) is 73.4 cm³/mol. The van der Waals surface area contributed by atoms with Crippen molar-refractivity contribution < 1.29 is 4.79 Å². The van der Waals surface area contributed by atoms with Crippen LogP contribution in [0.15, 0.2) is 42.7 Å². The molecule has 1 unspecified atom stereocenters. The second kappa shape index (κ2) is 5.83. The van der Waals surface area contributed by atoms with Crippen molar-refractivity contribution in [2.45, 2.75) is 5.92 Å². The first-order chi connectivity index (χ1) is 9.13. The molecule has 0 saturated carbocycles. The molecule has 0 aliphatic rings. The minimum Gasteiger partial charge on any atom is -0.292 e. The molecule has 0 saturated heterocycles. The highest BCUT2D eigenvalue weighted by molar-refractivity contribution is 6.42. The van der Waals surface area contributed by atoms with Gasteiger partial charge in [0.15, 0.2) is 5.78 Å². The fourth-order valence-corrected chi connectivity index (χ4v) is 1.95. The normalized spacial score (nSPS) is 11.6. The molecule has 0 aliphatic heterocycles. The van der Waals surface area contributed by atoms with Crippen LogP contribution in [-0.2, 0) is 0 Å². The number of nitrogens with zero attached hydrogens (tertiary/aromatic N) is 2. The summed E-state index contributed by atoms with van der Waals surface area (Å²) in [6.45, 7) is 0. The monoisotopic (exact) mass is 290 g/mol. The highest BCUT2D eigenvalue weighted by atomic mass is 35.5. The topological polar surface area (TPSA) is 53.8 Å². The van der Waals surface area contributed by atoms with Crippen LogP contribution in [0.2, 0.25) is 10.0 Å². The molecular formula is C14H8Cl2N2O. The van der Waals surface area contributed by atoms with E-state index in [4.69, 9.17) is 23.2 Å². The molecule has 0 N–H and O–H groups in total. The average molecular weight is 291 g/mol. The maximum absolute atomic E-state index is 12.3. The summed E-state index contributed by atoms with van der Waals surface area (Å²) in [7, 11) is 0. The fraction of sp³-hybridized carbons (Fsp3) is 0.0714. The van der Waals surface area contributed by atoms with Gasteiger partial charge in [0, 0.05) is 18.0 Å². The zero-order chi connectivity index (χ0) is 13.8. The van der Waals surface area contributed by atoms with E-state index in [0.717, 1.165) is 0 Å². The first kappa shape index (κ1) is 13.5. The number of nitriles is 1. The van der Waals surface area contributed by atoms with Gasteiger partial charge in [-0.1, -0.05) is 23.2 Å². The van der Waals surface area contributed by atoms with E-state index in [9.17, 15) is 10.1 Å². The van der Waals surface area contributed by atoms with Crippen LogP contribution in [0.3, 0.4) is 0 Å². The van der Waals surface area contributed by atoms with Crippen LogP contribution in [0, 0.1) is 11.3 Å². The number of Topliss-reactive ketones (excluding diaryl/α,β-unsaturated/α-hetero) is 1. The van der Waals surface area contributed by atoms with Gasteiger partial charge < -0.3 is 0 Å². The zero-order valence-corrected chi connectivity index (χ0v) is 11.2. The molecule has 3 nitrogen and oxygen atoms in total. The molecule has 5 heteroatoms. The second-order valence-corrected chi connectivity index (χ2v) is 4.65. The molecule has 1 aromatic heterocycles. The zero-order valence-electron chi connectivity index (χ0n) is 9.68. The number of rotatable bonds is 3. The van der Waals surface area contributed by atoms with Crippen molar-refractivity contribution in [3.05, 3.63) is 63.9 Å². The number of hydrogen-bond acceptors (Lipinski definition) is 3. The summed E-state index contributed by atoms with van der Waals surface area (Å²) in [5.41, 5.74) is 0.964. The number of pyridine rings is 1. The molecule has 0 radical (unpaired) electrons. The lowest BCUT2D eigenvalue weighted by atomic mass is 9.92. The molecule has 2 rings (SSSR count). The van der Waals surface area contributed by atoms with E-state index in [-0.39, 0.29) is 5.78 Å². The predicted octanol–water partition coefficient (Wildman–Crippen LogP) is 3.88. The minimum atomic E-state index is -0.875. The van der Waals surface area contributed by atoms with Gasteiger partial charge in [0.2, 0.25) is 0 Å². The second-order valence-electron chi connectivity index (χ2n) is 3.84. The molecular weight excluding hydrogens is 283 g/mol. The van der Waals surface area contributed by atoms with E-state index >= 15 is 0 Å². The Morgan fingerprint density at radius 2 is 1.84 bits per heavy atom. The number of carbonyl (C=O) groups is 1. The number of ketones is 1. The average Bonchev–Trinajstić information content (AvgIpc) is 2.44. The summed E-state index contributed by atoms with van der Waals surface area (Å²) in [5, 5.41) is 9.85. The van der Waals surface area contributed by atoms with Crippen LogP contribution < -0.4 is 0 Å². The Bertz CT molecular complexity index is 650. The molecule has 0 fully saturated rings. The van der Waals surface area contributed by atoms with E-state index in [1.165, 1.54) is 12.1 Å². The molecule has 0 spiro atoms. The van der Waals surface area contributed by atoms with E-state index in [1.807, 2.05) is 6.07 Å². The van der Waals surface area contributed by atoms with Gasteiger partial charge in [-0.2, -0.15) is 5.26 Å². The van der Waals surface area contributed by atoms with Crippen LogP contribution in [0.4, 0.5) is 0 Å². The molecule has 1 heterocycles. The van der Waals surface area contributed by atoms with Crippen LogP contribution in [0.25, 0.3) is 0 Å². The van der Waals surface area contributed by atoms with Crippen molar-refractivity contribution in [3.8, 4) is 6.07 Å². The lowest BCUT2D eigenvalue weighted by Crippen LogP contribution is -2.11. The minimum absolute atomic E-state index is 0.291. The highest BCUT2D eigenvalue weighted by Crippen LogP contribution is 2.26. The van der Waals surface area contributed by atoms with E-state index < -0.39 is 5.92 Å². The molecule has 94 valence electrons. The van der Waals surface area contributed by atoms with Crippen molar-refractivity contribution in [1.82, 2.24) is 4.98 Å². The van der Waals surface area contributed by atoms with Gasteiger partial charge in [0.1, 0.15) is 5.92 Å². The third-order valence-corrected chi connectivity index (χ3v) is 3.37. The summed E-state index contributed by atoms with van der Waals surface area (Å²) >= 11 is 11.7. The summed E-state index contributed by atoms with van der Waals surface area (Å²) in [6.07, 6.45) is 3.09. The number of hydrogen-bond donors (Lipinski definition) is 0. The van der Waals surface area contributed by atoms with Crippen LogP contribution in [0.1, 0.15) is 21.8 Å². The summed E-state index contributed by atoms with van der Waals surface area (Å²) < 4.78 is 0. The van der Waals surface area contributed by atoms with Crippen molar-refractivity contribution in [2.75, 3.05) is 0 Å². The Kier molecular flexibility index (Phi) is 4.16. The number of carbonyl (C=O) groups excluding carboxylic acids is 1. The third kappa shape index (κ3) is 2.93. The molecule has 2 aromatic rings. The molecule has 1 aromatic carbocycles. The van der Waals surface area contributed by atoms with Crippen molar-refractivity contribution >= 4 is 29.0 Å². The van der Waals surface area contributed by atoms with Gasteiger partial charge in [-0.25, -0.2) is 0 Å². The summed E-state index contributed by atoms with van der Waals surface area (Å²) in [4.78, 5) is 16.2. The highest BCUT2D eigenvalue weighted by Gasteiger charge is 2.22. The Morgan fingerprint density at radius 1 is 1.16 bits per heavy atom. The fourth-order valence-electron chi connectivity index (χ4n) is 1.66. The van der Waals surface area contributed by atoms with Crippen molar-refractivity contribution in [3.63, 3.8) is 0 Å². The van der Waals surface area contributed by atoms with Crippen molar-refractivity contribution in [1.29, 1.82) is 5.26 Å². The largest absolute Gasteiger partial charge is 0.292 e. The molecule has 0 amide bonds. The Balaban J connectivity index is 2.37. The number of aromatic nitrogens is 1. The van der Waals surface area contributed by atoms with Gasteiger partial charge in [-0.15, -0.1) is 0 Å². The maximum Gasteiger partial charge on any atom is 0.184 e. The Morgan fingerprint density at radius 3 is 2.42 bits per heavy atom. The van der Waals surface area contributed by atoms with E-state index in [1.54, 1.807) is 30.6 Å². The smallest absolute Gasteiger partial charge is 0.184 e. The summed E-state index contributed by atoms with van der Waals surface area (Å²) in [5.74, 6) is -1.19. The summed E-state index contributed by atoms with van der Waals surface area (Å²) in [6, 6.07) is 9.85. The quantitative estimate of drug-likeness (QED) is 0.806. The number of benzene rings is 1. The molecule has 0 aliphatic carbocycles. The van der Waals surface area contributed by atoms with Crippen LogP contribution in [0.5, 0.6) is 0 Å². The molecule has 1 atom stereocenters. The van der Waals surface area contributed by atoms with Crippen LogP contribution in [-0.4, -0.2) is 10.8 Å². The first-order valence-corrected chi connectivity index (χ1v) is 6.18. The first-order valence-electron chi connectivity index (χ1n) is 5.42. The van der Waals surface area contributed by atoms with E-state index in [0.29, 0.717) is 21.2 Å². The van der Waals surface area contributed by atoms with Gasteiger partial charge in [0.05, 0.1) is 16.1 Å². The molecule has 19 heavy (non-hydrogen) atoms. The van der Waals surface area contributed by atoms with Gasteiger partial charge in [-0.3, -0.25) is 9.78 Å². The lowest BCUT2D eigenvalue weighted by molar-refractivity contribution is 0.0979. The van der Waals surface area contributed by atoms with E-state index in [2.05, 4.69) is 4.98 Å². The molecule has 0 bridgehead atoms. The number of halogens is 2. The SMILES string of the molecule is N#CC(C(=O)c1ccc(Cl)c(Cl)c1)c1ccncc1. The van der Waals surface area contributed by atoms with Gasteiger partial charge in [0.25, 0.3) is 0 Å². The maximum atomic E-state index is 12.3. The third-order valence-electron chi connectivity index (χ3n) is 2.63. The Hall–Kier alpha value is -1.89. The standard InChI is InChI=1S/C14H8Cl2N2O/c15-12-2-1-10(7-13(12)16)14(19)11(8-17)9-3-5-18-6-4-9/h1-7,11H. The van der Waals surface area contributed by atoms with Gasteiger partial charge >= 0.3 is 0 Å². The lowest BCUT2D eigenvalue weighted by Gasteiger charge is -2.08. The van der Waals surface area contributed by atoms with Crippen molar-refractivity contribution in [2.24, 2.45) is 0 Å².